The molecule has 21 heavy (non-hydrogen) atoms. The third-order valence-corrected chi connectivity index (χ3v) is 4.09. The zero-order valence-corrected chi connectivity index (χ0v) is 12.0. The van der Waals surface area contributed by atoms with Crippen molar-refractivity contribution < 1.29 is 9.90 Å². The van der Waals surface area contributed by atoms with E-state index in [1.165, 1.54) is 11.1 Å². The van der Waals surface area contributed by atoms with E-state index in [2.05, 4.69) is 24.4 Å². The van der Waals surface area contributed by atoms with Gasteiger partial charge in [-0.3, -0.25) is 4.79 Å². The Balaban J connectivity index is 1.57. The topological polar surface area (TPSA) is 49.3 Å². The Morgan fingerprint density at radius 1 is 1.24 bits per heavy atom. The number of aromatic hydroxyl groups is 1. The maximum absolute atomic E-state index is 12.2. The van der Waals surface area contributed by atoms with Gasteiger partial charge in [-0.05, 0) is 48.1 Å². The molecule has 0 saturated heterocycles. The molecule has 108 valence electrons. The molecule has 0 bridgehead atoms. The average Bonchev–Trinajstić information content (AvgIpc) is 3.26. The molecular formula is C18H19NO2. The second kappa shape index (κ2) is 5.60. The highest BCUT2D eigenvalue weighted by atomic mass is 16.3. The summed E-state index contributed by atoms with van der Waals surface area (Å²) in [5, 5.41) is 12.4. The van der Waals surface area contributed by atoms with Crippen LogP contribution < -0.4 is 5.32 Å². The third kappa shape index (κ3) is 3.07. The first-order chi connectivity index (χ1) is 10.1. The van der Waals surface area contributed by atoms with Crippen LogP contribution in [0.1, 0.15) is 29.0 Å². The fraction of sp³-hybridized carbons (Fsp3) is 0.278. The van der Waals surface area contributed by atoms with Crippen molar-refractivity contribution in [3.05, 3.63) is 65.2 Å². The summed E-state index contributed by atoms with van der Waals surface area (Å²) < 4.78 is 0. The van der Waals surface area contributed by atoms with Crippen molar-refractivity contribution in [3.63, 3.8) is 0 Å². The molecule has 3 heteroatoms. The van der Waals surface area contributed by atoms with E-state index in [4.69, 9.17) is 0 Å². The predicted octanol–water partition coefficient (Wildman–Crippen LogP) is 3.12. The molecule has 1 fully saturated rings. The SMILES string of the molecule is Cc1ccccc1[C@H]1C[C@@H]1C(=O)NCc1cccc(O)c1. The van der Waals surface area contributed by atoms with Gasteiger partial charge in [0, 0.05) is 12.5 Å². The van der Waals surface area contributed by atoms with Crippen molar-refractivity contribution in [2.45, 2.75) is 25.8 Å². The second-order valence-electron chi connectivity index (χ2n) is 5.69. The molecule has 2 aromatic carbocycles. The Bertz CT molecular complexity index is 666. The van der Waals surface area contributed by atoms with E-state index in [9.17, 15) is 9.90 Å². The van der Waals surface area contributed by atoms with Crippen molar-refractivity contribution in [2.24, 2.45) is 5.92 Å². The highest BCUT2D eigenvalue weighted by Gasteiger charge is 2.44. The highest BCUT2D eigenvalue weighted by Crippen LogP contribution is 2.48. The van der Waals surface area contributed by atoms with Crippen LogP contribution in [0.5, 0.6) is 5.75 Å². The number of rotatable bonds is 4. The predicted molar refractivity (Wildman–Crippen MR) is 82.0 cm³/mol. The molecule has 1 aliphatic rings. The fourth-order valence-corrected chi connectivity index (χ4v) is 2.82. The summed E-state index contributed by atoms with van der Waals surface area (Å²) in [5.41, 5.74) is 3.46. The van der Waals surface area contributed by atoms with Gasteiger partial charge in [-0.25, -0.2) is 0 Å². The van der Waals surface area contributed by atoms with E-state index in [-0.39, 0.29) is 17.6 Å². The first-order valence-electron chi connectivity index (χ1n) is 7.26. The number of phenols is 1. The monoisotopic (exact) mass is 281 g/mol. The number of aryl methyl sites for hydroxylation is 1. The van der Waals surface area contributed by atoms with Crippen LogP contribution in [0.25, 0.3) is 0 Å². The van der Waals surface area contributed by atoms with Gasteiger partial charge in [0.05, 0.1) is 0 Å². The van der Waals surface area contributed by atoms with Crippen LogP contribution in [0.15, 0.2) is 48.5 Å². The Hall–Kier alpha value is -2.29. The van der Waals surface area contributed by atoms with Gasteiger partial charge in [-0.2, -0.15) is 0 Å². The van der Waals surface area contributed by atoms with Gasteiger partial charge in [0.25, 0.3) is 0 Å². The maximum Gasteiger partial charge on any atom is 0.224 e. The normalized spacial score (nSPS) is 20.0. The Morgan fingerprint density at radius 2 is 2.05 bits per heavy atom. The number of benzene rings is 2. The van der Waals surface area contributed by atoms with E-state index in [0.717, 1.165) is 12.0 Å². The maximum atomic E-state index is 12.2. The smallest absolute Gasteiger partial charge is 0.224 e. The van der Waals surface area contributed by atoms with Gasteiger partial charge in [-0.15, -0.1) is 0 Å². The molecular weight excluding hydrogens is 262 g/mol. The molecule has 2 atom stereocenters. The van der Waals surface area contributed by atoms with E-state index in [1.807, 2.05) is 18.2 Å². The Morgan fingerprint density at radius 3 is 2.81 bits per heavy atom. The van der Waals surface area contributed by atoms with Crippen LogP contribution >= 0.6 is 0 Å². The summed E-state index contributed by atoms with van der Waals surface area (Å²) in [4.78, 5) is 12.2. The lowest BCUT2D eigenvalue weighted by Crippen LogP contribution is -2.24. The fourth-order valence-electron chi connectivity index (χ4n) is 2.82. The second-order valence-corrected chi connectivity index (χ2v) is 5.69. The van der Waals surface area contributed by atoms with E-state index >= 15 is 0 Å². The van der Waals surface area contributed by atoms with Crippen molar-refractivity contribution in [1.82, 2.24) is 5.32 Å². The van der Waals surface area contributed by atoms with Gasteiger partial charge in [0.1, 0.15) is 5.75 Å². The first kappa shape index (κ1) is 13.7. The Labute approximate surface area is 124 Å². The summed E-state index contributed by atoms with van der Waals surface area (Å²) in [6.45, 7) is 2.56. The minimum Gasteiger partial charge on any atom is -0.508 e. The number of nitrogens with one attached hydrogen (secondary N) is 1. The minimum atomic E-state index is 0.0865. The lowest BCUT2D eigenvalue weighted by molar-refractivity contribution is -0.122. The number of amides is 1. The van der Waals surface area contributed by atoms with Gasteiger partial charge < -0.3 is 10.4 Å². The number of hydrogen-bond donors (Lipinski definition) is 2. The summed E-state index contributed by atoms with van der Waals surface area (Å²) in [6.07, 6.45) is 0.927. The van der Waals surface area contributed by atoms with Crippen LogP contribution in [0.3, 0.4) is 0 Å². The molecule has 0 aromatic heterocycles. The van der Waals surface area contributed by atoms with E-state index < -0.39 is 0 Å². The highest BCUT2D eigenvalue weighted by molar-refractivity contribution is 5.83. The summed E-state index contributed by atoms with van der Waals surface area (Å²) in [6, 6.07) is 15.2. The average molecular weight is 281 g/mol. The molecule has 1 saturated carbocycles. The summed E-state index contributed by atoms with van der Waals surface area (Å²) in [5.74, 6) is 0.774. The molecule has 2 N–H and O–H groups in total. The van der Waals surface area contributed by atoms with Crippen LogP contribution in [-0.4, -0.2) is 11.0 Å². The van der Waals surface area contributed by atoms with E-state index in [0.29, 0.717) is 12.5 Å². The van der Waals surface area contributed by atoms with Gasteiger partial charge in [-0.1, -0.05) is 36.4 Å². The number of carbonyl (C=O) groups excluding carboxylic acids is 1. The first-order valence-corrected chi connectivity index (χ1v) is 7.26. The van der Waals surface area contributed by atoms with Gasteiger partial charge in [0.2, 0.25) is 5.91 Å². The molecule has 0 heterocycles. The molecule has 1 aliphatic carbocycles. The number of carbonyl (C=O) groups is 1. The molecule has 0 spiro atoms. The van der Waals surface area contributed by atoms with Crippen LogP contribution in [0.4, 0.5) is 0 Å². The number of hydrogen-bond acceptors (Lipinski definition) is 2. The van der Waals surface area contributed by atoms with Crippen molar-refractivity contribution in [1.29, 1.82) is 0 Å². The molecule has 3 nitrogen and oxygen atoms in total. The molecule has 1 amide bonds. The van der Waals surface area contributed by atoms with Crippen molar-refractivity contribution in [2.75, 3.05) is 0 Å². The quantitative estimate of drug-likeness (QED) is 0.904. The third-order valence-electron chi connectivity index (χ3n) is 4.09. The zero-order chi connectivity index (χ0) is 14.8. The van der Waals surface area contributed by atoms with Gasteiger partial charge in [0.15, 0.2) is 0 Å². The van der Waals surface area contributed by atoms with Crippen molar-refractivity contribution >= 4 is 5.91 Å². The number of phenolic OH excluding ortho intramolecular Hbond substituents is 1. The van der Waals surface area contributed by atoms with Crippen LogP contribution in [0.2, 0.25) is 0 Å². The van der Waals surface area contributed by atoms with Gasteiger partial charge >= 0.3 is 0 Å². The molecule has 2 aromatic rings. The van der Waals surface area contributed by atoms with Crippen LogP contribution in [0, 0.1) is 12.8 Å². The van der Waals surface area contributed by atoms with Crippen molar-refractivity contribution in [3.8, 4) is 5.75 Å². The lowest BCUT2D eigenvalue weighted by Gasteiger charge is -2.07. The molecule has 3 rings (SSSR count). The molecule has 0 radical (unpaired) electrons. The minimum absolute atomic E-state index is 0.0865. The standard InChI is InChI=1S/C18H19NO2/c1-12-5-2-3-8-15(12)16-10-17(16)18(21)19-11-13-6-4-7-14(20)9-13/h2-9,16-17,20H,10-11H2,1H3,(H,19,21)/t16-,17+/m1/s1. The molecule has 0 unspecified atom stereocenters. The van der Waals surface area contributed by atoms with E-state index in [1.54, 1.807) is 18.2 Å². The summed E-state index contributed by atoms with van der Waals surface area (Å²) in [7, 11) is 0. The molecule has 0 aliphatic heterocycles. The largest absolute Gasteiger partial charge is 0.508 e. The van der Waals surface area contributed by atoms with Crippen LogP contribution in [-0.2, 0) is 11.3 Å². The Kier molecular flexibility index (Phi) is 3.65. The summed E-state index contributed by atoms with van der Waals surface area (Å²) >= 11 is 0. The zero-order valence-electron chi connectivity index (χ0n) is 12.0. The lowest BCUT2D eigenvalue weighted by atomic mass is 10.0.